The molecule has 0 bridgehead atoms. The lowest BCUT2D eigenvalue weighted by Crippen LogP contribution is -2.18. The fourth-order valence-corrected chi connectivity index (χ4v) is 2.23. The van der Waals surface area contributed by atoms with Gasteiger partial charge in [0, 0.05) is 5.39 Å². The molecule has 24 heavy (non-hydrogen) atoms. The Balaban J connectivity index is 1.94. The topological polar surface area (TPSA) is 75.0 Å². The van der Waals surface area contributed by atoms with E-state index in [0.717, 1.165) is 0 Å². The van der Waals surface area contributed by atoms with Crippen molar-refractivity contribution in [3.05, 3.63) is 64.5 Å². The van der Waals surface area contributed by atoms with Gasteiger partial charge in [0.2, 0.25) is 0 Å². The highest BCUT2D eigenvalue weighted by Gasteiger charge is 2.17. The maximum Gasteiger partial charge on any atom is 0.351 e. The Labute approximate surface area is 137 Å². The number of rotatable bonds is 4. The number of carbonyl (C=O) groups excluding carboxylic acids is 1. The van der Waals surface area contributed by atoms with Crippen molar-refractivity contribution in [1.29, 1.82) is 0 Å². The van der Waals surface area contributed by atoms with Crippen LogP contribution in [0.2, 0.25) is 0 Å². The molecule has 1 heterocycles. The maximum atomic E-state index is 12.2. The van der Waals surface area contributed by atoms with E-state index >= 15 is 0 Å². The van der Waals surface area contributed by atoms with Crippen molar-refractivity contribution < 1.29 is 23.4 Å². The Morgan fingerprint density at radius 2 is 1.67 bits per heavy atom. The van der Waals surface area contributed by atoms with E-state index in [2.05, 4.69) is 0 Å². The van der Waals surface area contributed by atoms with Crippen molar-refractivity contribution in [1.82, 2.24) is 0 Å². The summed E-state index contributed by atoms with van der Waals surface area (Å²) in [5, 5.41) is 0.565. The van der Waals surface area contributed by atoms with Gasteiger partial charge in [-0.25, -0.2) is 9.59 Å². The summed E-state index contributed by atoms with van der Waals surface area (Å²) in [7, 11) is 3.01. The number of para-hydroxylation sites is 1. The van der Waals surface area contributed by atoms with Crippen LogP contribution in [0.25, 0.3) is 11.0 Å². The molecule has 0 aliphatic carbocycles. The summed E-state index contributed by atoms with van der Waals surface area (Å²) in [5.41, 5.74) is -0.692. The van der Waals surface area contributed by atoms with Crippen LogP contribution in [0.3, 0.4) is 0 Å². The molecule has 0 saturated carbocycles. The van der Waals surface area contributed by atoms with Gasteiger partial charge in [-0.1, -0.05) is 12.1 Å². The second kappa shape index (κ2) is 6.45. The average Bonchev–Trinajstić information content (AvgIpc) is 2.61. The van der Waals surface area contributed by atoms with Crippen LogP contribution in [0.5, 0.6) is 17.2 Å². The smallest absolute Gasteiger partial charge is 0.351 e. The quantitative estimate of drug-likeness (QED) is 0.417. The molecule has 122 valence electrons. The van der Waals surface area contributed by atoms with Crippen LogP contribution in [0.15, 0.2) is 57.7 Å². The summed E-state index contributed by atoms with van der Waals surface area (Å²) in [5.74, 6) is 0.552. The number of ether oxygens (including phenoxy) is 3. The van der Waals surface area contributed by atoms with Gasteiger partial charge in [-0.15, -0.1) is 0 Å². The molecule has 0 saturated heterocycles. The van der Waals surface area contributed by atoms with Gasteiger partial charge in [-0.3, -0.25) is 0 Å². The Morgan fingerprint density at radius 1 is 0.958 bits per heavy atom. The van der Waals surface area contributed by atoms with E-state index in [1.54, 1.807) is 42.5 Å². The van der Waals surface area contributed by atoms with E-state index in [1.165, 1.54) is 20.3 Å². The number of hydrogen-bond acceptors (Lipinski definition) is 6. The van der Waals surface area contributed by atoms with Crippen molar-refractivity contribution in [3.8, 4) is 17.2 Å². The van der Waals surface area contributed by atoms with Crippen LogP contribution in [0, 0.1) is 0 Å². The molecule has 0 radical (unpaired) electrons. The van der Waals surface area contributed by atoms with Gasteiger partial charge in [0.1, 0.15) is 17.1 Å². The van der Waals surface area contributed by atoms with Gasteiger partial charge in [0.25, 0.3) is 0 Å². The first-order valence-electron chi connectivity index (χ1n) is 7.09. The van der Waals surface area contributed by atoms with E-state index in [9.17, 15) is 9.59 Å². The standard InChI is InChI=1S/C18H14O6/c1-21-12-6-8-13(9-7-12)23-17(19)14-10-11-4-3-5-15(22-2)16(11)24-18(14)20/h3-10H,1-2H3. The van der Waals surface area contributed by atoms with Gasteiger partial charge < -0.3 is 18.6 Å². The monoisotopic (exact) mass is 326 g/mol. The molecule has 0 atom stereocenters. The van der Waals surface area contributed by atoms with Crippen LogP contribution < -0.4 is 19.8 Å². The Morgan fingerprint density at radius 3 is 2.33 bits per heavy atom. The van der Waals surface area contributed by atoms with E-state index in [4.69, 9.17) is 18.6 Å². The molecule has 0 aliphatic heterocycles. The van der Waals surface area contributed by atoms with E-state index < -0.39 is 11.6 Å². The van der Waals surface area contributed by atoms with Crippen LogP contribution in [-0.2, 0) is 0 Å². The van der Waals surface area contributed by atoms with E-state index in [-0.39, 0.29) is 11.1 Å². The molecule has 0 fully saturated rings. The second-order valence-corrected chi connectivity index (χ2v) is 4.89. The largest absolute Gasteiger partial charge is 0.497 e. The number of esters is 1. The molecule has 2 aromatic carbocycles. The van der Waals surface area contributed by atoms with Crippen LogP contribution in [-0.4, -0.2) is 20.2 Å². The lowest BCUT2D eigenvalue weighted by atomic mass is 10.2. The third-order valence-corrected chi connectivity index (χ3v) is 3.43. The zero-order valence-electron chi connectivity index (χ0n) is 13.1. The molecule has 3 rings (SSSR count). The van der Waals surface area contributed by atoms with E-state index in [0.29, 0.717) is 22.6 Å². The predicted molar refractivity (Wildman–Crippen MR) is 87.0 cm³/mol. The molecule has 6 nitrogen and oxygen atoms in total. The molecule has 3 aromatic rings. The number of benzene rings is 2. The van der Waals surface area contributed by atoms with Gasteiger partial charge in [-0.2, -0.15) is 0 Å². The van der Waals surface area contributed by atoms with Crippen molar-refractivity contribution in [2.24, 2.45) is 0 Å². The summed E-state index contributed by atoms with van der Waals surface area (Å²) in [6, 6.07) is 13.0. The molecular formula is C18H14O6. The third kappa shape index (κ3) is 2.94. The SMILES string of the molecule is COc1ccc(OC(=O)c2cc3cccc(OC)c3oc2=O)cc1. The summed E-state index contributed by atoms with van der Waals surface area (Å²) in [6.07, 6.45) is 0. The Hall–Kier alpha value is -3.28. The van der Waals surface area contributed by atoms with Crippen molar-refractivity contribution >= 4 is 16.9 Å². The zero-order chi connectivity index (χ0) is 17.1. The maximum absolute atomic E-state index is 12.2. The highest BCUT2D eigenvalue weighted by atomic mass is 16.5. The fraction of sp³-hybridized carbons (Fsp3) is 0.111. The highest BCUT2D eigenvalue weighted by molar-refractivity contribution is 5.95. The number of hydrogen-bond donors (Lipinski definition) is 0. The first kappa shape index (κ1) is 15.6. The van der Waals surface area contributed by atoms with Crippen molar-refractivity contribution in [2.75, 3.05) is 14.2 Å². The lowest BCUT2D eigenvalue weighted by molar-refractivity contribution is 0.0730. The minimum absolute atomic E-state index is 0.188. The third-order valence-electron chi connectivity index (χ3n) is 3.43. The van der Waals surface area contributed by atoms with Crippen molar-refractivity contribution in [3.63, 3.8) is 0 Å². The summed E-state index contributed by atoms with van der Waals surface area (Å²) in [6.45, 7) is 0. The van der Waals surface area contributed by atoms with Crippen molar-refractivity contribution in [2.45, 2.75) is 0 Å². The predicted octanol–water partition coefficient (Wildman–Crippen LogP) is 3.03. The van der Waals surface area contributed by atoms with Crippen LogP contribution >= 0.6 is 0 Å². The molecule has 0 N–H and O–H groups in total. The number of fused-ring (bicyclic) bond motifs is 1. The average molecular weight is 326 g/mol. The zero-order valence-corrected chi connectivity index (χ0v) is 13.1. The summed E-state index contributed by atoms with van der Waals surface area (Å²) in [4.78, 5) is 24.3. The normalized spacial score (nSPS) is 10.4. The van der Waals surface area contributed by atoms with Gasteiger partial charge in [-0.05, 0) is 36.4 Å². The second-order valence-electron chi connectivity index (χ2n) is 4.89. The molecular weight excluding hydrogens is 312 g/mol. The van der Waals surface area contributed by atoms with Gasteiger partial charge in [0.15, 0.2) is 11.3 Å². The molecule has 0 aliphatic rings. The minimum atomic E-state index is -0.793. The van der Waals surface area contributed by atoms with Gasteiger partial charge in [0.05, 0.1) is 14.2 Å². The molecule has 1 aromatic heterocycles. The summed E-state index contributed by atoms with van der Waals surface area (Å²) < 4.78 is 20.6. The first-order chi connectivity index (χ1) is 11.6. The summed E-state index contributed by atoms with van der Waals surface area (Å²) >= 11 is 0. The van der Waals surface area contributed by atoms with E-state index in [1.807, 2.05) is 0 Å². The number of methoxy groups -OCH3 is 2. The molecule has 0 spiro atoms. The number of carbonyl (C=O) groups is 1. The Bertz CT molecular complexity index is 940. The van der Waals surface area contributed by atoms with Crippen LogP contribution in [0.4, 0.5) is 0 Å². The van der Waals surface area contributed by atoms with Gasteiger partial charge >= 0.3 is 11.6 Å². The highest BCUT2D eigenvalue weighted by Crippen LogP contribution is 2.25. The molecule has 0 unspecified atom stereocenters. The lowest BCUT2D eigenvalue weighted by Gasteiger charge is -2.07. The molecule has 0 amide bonds. The van der Waals surface area contributed by atoms with Crippen LogP contribution in [0.1, 0.15) is 10.4 Å². The minimum Gasteiger partial charge on any atom is -0.497 e. The molecule has 6 heteroatoms. The first-order valence-corrected chi connectivity index (χ1v) is 7.09. The fourth-order valence-electron chi connectivity index (χ4n) is 2.23. The Kier molecular flexibility index (Phi) is 4.20.